The summed E-state index contributed by atoms with van der Waals surface area (Å²) in [7, 11) is 2.96. The van der Waals surface area contributed by atoms with Gasteiger partial charge in [-0.3, -0.25) is 9.98 Å². The van der Waals surface area contributed by atoms with E-state index in [1.54, 1.807) is 54.9 Å². The molecule has 0 radical (unpaired) electrons. The second kappa shape index (κ2) is 16.7. The van der Waals surface area contributed by atoms with Crippen molar-refractivity contribution in [3.05, 3.63) is 137 Å². The smallest absolute Gasteiger partial charge is 0.344 e. The monoisotopic (exact) mass is 669 g/mol. The van der Waals surface area contributed by atoms with Gasteiger partial charge in [0.05, 0.1) is 36.7 Å². The highest BCUT2D eigenvalue weighted by atomic mass is 16.6. The van der Waals surface area contributed by atoms with Gasteiger partial charge in [0.25, 0.3) is 0 Å². The predicted octanol–water partition coefficient (Wildman–Crippen LogP) is 8.80. The van der Waals surface area contributed by atoms with Crippen LogP contribution in [-0.4, -0.2) is 51.7 Å². The number of methoxy groups -OCH3 is 2. The summed E-state index contributed by atoms with van der Waals surface area (Å²) in [5, 5.41) is 0. The zero-order valence-corrected chi connectivity index (χ0v) is 28.8. The van der Waals surface area contributed by atoms with Crippen LogP contribution in [-0.2, 0) is 0 Å². The Morgan fingerprint density at radius 1 is 0.600 bits per heavy atom. The van der Waals surface area contributed by atoms with Gasteiger partial charge >= 0.3 is 11.9 Å². The van der Waals surface area contributed by atoms with E-state index in [0.717, 1.165) is 35.7 Å². The summed E-state index contributed by atoms with van der Waals surface area (Å²) in [5.74, 6) is -0.498. The van der Waals surface area contributed by atoms with Gasteiger partial charge in [-0.2, -0.15) is 0 Å². The van der Waals surface area contributed by atoms with E-state index in [0.29, 0.717) is 22.6 Å². The molecule has 0 heterocycles. The van der Waals surface area contributed by atoms with Crippen molar-refractivity contribution < 1.29 is 28.5 Å². The van der Waals surface area contributed by atoms with E-state index in [-0.39, 0.29) is 22.6 Å². The fraction of sp³-hybridized carbons (Fsp3) is 0.171. The summed E-state index contributed by atoms with van der Waals surface area (Å²) in [6.07, 6.45) is 3.35. The van der Waals surface area contributed by atoms with E-state index in [2.05, 4.69) is 28.7 Å². The van der Waals surface area contributed by atoms with Gasteiger partial charge in [-0.1, -0.05) is 29.8 Å². The number of aryl methyl sites for hydroxylation is 1. The van der Waals surface area contributed by atoms with Crippen LogP contribution in [0.4, 0.5) is 17.1 Å². The Labute approximate surface area is 292 Å². The van der Waals surface area contributed by atoms with Gasteiger partial charge in [0.1, 0.15) is 0 Å². The van der Waals surface area contributed by atoms with Crippen LogP contribution < -0.4 is 23.8 Å². The maximum Gasteiger partial charge on any atom is 0.344 e. The molecule has 0 aromatic heterocycles. The number of esters is 2. The summed E-state index contributed by atoms with van der Waals surface area (Å²) in [5.41, 5.74) is 5.24. The Bertz CT molecular complexity index is 2000. The van der Waals surface area contributed by atoms with Gasteiger partial charge in [-0.05, 0) is 117 Å². The average Bonchev–Trinajstić information content (AvgIpc) is 3.15. The lowest BCUT2D eigenvalue weighted by Gasteiger charge is -2.20. The minimum absolute atomic E-state index is 0.0166. The molecule has 0 unspecified atom stereocenters. The van der Waals surface area contributed by atoms with Crippen LogP contribution in [0.5, 0.6) is 23.0 Å². The third kappa shape index (κ3) is 8.82. The molecule has 5 aromatic rings. The minimum Gasteiger partial charge on any atom is -0.493 e. The quantitative estimate of drug-likeness (QED) is 0.0702. The second-order valence-electron chi connectivity index (χ2n) is 11.2. The molecule has 5 aromatic carbocycles. The van der Waals surface area contributed by atoms with Crippen LogP contribution in [0.2, 0.25) is 0 Å². The molecule has 254 valence electrons. The predicted molar refractivity (Wildman–Crippen MR) is 198 cm³/mol. The molecule has 0 atom stereocenters. The van der Waals surface area contributed by atoms with Gasteiger partial charge in [0.2, 0.25) is 0 Å². The molecule has 0 amide bonds. The van der Waals surface area contributed by atoms with Crippen molar-refractivity contribution in [3.8, 4) is 23.0 Å². The minimum atomic E-state index is -0.761. The third-order valence-corrected chi connectivity index (χ3v) is 7.89. The van der Waals surface area contributed by atoms with Crippen molar-refractivity contribution in [2.75, 3.05) is 32.2 Å². The summed E-state index contributed by atoms with van der Waals surface area (Å²) in [6.45, 7) is 8.10. The Balaban J connectivity index is 1.33. The zero-order valence-electron chi connectivity index (χ0n) is 28.8. The largest absolute Gasteiger partial charge is 0.493 e. The van der Waals surface area contributed by atoms with Crippen molar-refractivity contribution in [1.82, 2.24) is 0 Å². The van der Waals surface area contributed by atoms with E-state index in [1.807, 2.05) is 61.5 Å². The van der Waals surface area contributed by atoms with Crippen molar-refractivity contribution in [1.29, 1.82) is 0 Å². The highest BCUT2D eigenvalue weighted by Crippen LogP contribution is 2.31. The molecule has 0 aliphatic rings. The molecular weight excluding hydrogens is 630 g/mol. The Morgan fingerprint density at radius 3 is 1.46 bits per heavy atom. The first-order valence-corrected chi connectivity index (χ1v) is 16.2. The molecule has 0 saturated carbocycles. The van der Waals surface area contributed by atoms with Gasteiger partial charge in [-0.25, -0.2) is 9.59 Å². The highest BCUT2D eigenvalue weighted by Gasteiger charge is 2.22. The molecule has 0 saturated heterocycles. The molecule has 50 heavy (non-hydrogen) atoms. The van der Waals surface area contributed by atoms with Crippen LogP contribution >= 0.6 is 0 Å². The van der Waals surface area contributed by atoms with Crippen LogP contribution in [0.3, 0.4) is 0 Å². The number of hydrogen-bond donors (Lipinski definition) is 0. The second-order valence-corrected chi connectivity index (χ2v) is 11.2. The fourth-order valence-corrected chi connectivity index (χ4v) is 5.12. The van der Waals surface area contributed by atoms with Crippen LogP contribution in [0.25, 0.3) is 0 Å². The number of carbonyl (C=O) groups excluding carboxylic acids is 2. The molecule has 0 spiro atoms. The lowest BCUT2D eigenvalue weighted by molar-refractivity contribution is 0.0687. The lowest BCUT2D eigenvalue weighted by Crippen LogP contribution is -2.21. The molecule has 0 aliphatic carbocycles. The Kier molecular flexibility index (Phi) is 11.8. The fourth-order valence-electron chi connectivity index (χ4n) is 5.12. The van der Waals surface area contributed by atoms with Crippen LogP contribution in [0.1, 0.15) is 51.3 Å². The van der Waals surface area contributed by atoms with Gasteiger partial charge in [0, 0.05) is 31.2 Å². The van der Waals surface area contributed by atoms with E-state index < -0.39 is 11.9 Å². The normalized spacial score (nSPS) is 11.1. The lowest BCUT2D eigenvalue weighted by atomic mass is 10.1. The highest BCUT2D eigenvalue weighted by molar-refractivity contribution is 6.04. The molecule has 0 bridgehead atoms. The van der Waals surface area contributed by atoms with Crippen molar-refractivity contribution >= 4 is 41.4 Å². The molecule has 9 nitrogen and oxygen atoms in total. The number of carbonyl (C=O) groups is 2. The first-order chi connectivity index (χ1) is 24.3. The molecule has 0 N–H and O–H groups in total. The first-order valence-electron chi connectivity index (χ1n) is 16.2. The molecular formula is C41H39N3O6. The van der Waals surface area contributed by atoms with E-state index >= 15 is 0 Å². The number of hydrogen-bond acceptors (Lipinski definition) is 9. The number of nitrogens with zero attached hydrogens (tertiary/aromatic N) is 3. The summed E-state index contributed by atoms with van der Waals surface area (Å²) in [6, 6.07) is 32.3. The molecule has 5 rings (SSSR count). The molecule has 0 aliphatic heterocycles. The summed E-state index contributed by atoms with van der Waals surface area (Å²) in [4.78, 5) is 38.4. The number of benzene rings is 5. The van der Waals surface area contributed by atoms with Gasteiger partial charge in [-0.15, -0.1) is 0 Å². The van der Waals surface area contributed by atoms with Crippen molar-refractivity contribution in [2.24, 2.45) is 9.98 Å². The topological polar surface area (TPSA) is 99.0 Å². The number of ether oxygens (including phenoxy) is 4. The summed E-state index contributed by atoms with van der Waals surface area (Å²) < 4.78 is 22.5. The van der Waals surface area contributed by atoms with Gasteiger partial charge in [0.15, 0.2) is 23.0 Å². The SMILES string of the molecule is CCN(CC)c1ccc(N=Cc2ccc(OC)c(OC(=O)c3ccccc3C(=O)Oc3cc(C=Nc4ccc(C)cc4)ccc3OC)c2)cc1. The first kappa shape index (κ1) is 35.1. The number of rotatable bonds is 13. The maximum atomic E-state index is 13.5. The molecule has 0 fully saturated rings. The van der Waals surface area contributed by atoms with Crippen LogP contribution in [0.15, 0.2) is 119 Å². The summed E-state index contributed by atoms with van der Waals surface area (Å²) >= 11 is 0. The number of anilines is 1. The van der Waals surface area contributed by atoms with Gasteiger partial charge < -0.3 is 23.8 Å². The van der Waals surface area contributed by atoms with Crippen molar-refractivity contribution in [2.45, 2.75) is 20.8 Å². The van der Waals surface area contributed by atoms with E-state index in [9.17, 15) is 9.59 Å². The Morgan fingerprint density at radius 2 is 1.04 bits per heavy atom. The standard InChI is InChI=1S/C41H39N3O6/c1-6-44(7-2)33-20-18-32(19-21-33)43-27-30-15-23-37(48-5)39(25-30)50-41(46)35-11-9-8-10-34(35)40(45)49-38-24-29(14-22-36(38)47-4)26-42-31-16-12-28(3)13-17-31/h8-27H,6-7H2,1-5H3. The van der Waals surface area contributed by atoms with Crippen molar-refractivity contribution in [3.63, 3.8) is 0 Å². The zero-order chi connectivity index (χ0) is 35.5. The Hall–Kier alpha value is -6.22. The average molecular weight is 670 g/mol. The maximum absolute atomic E-state index is 13.5. The van der Waals surface area contributed by atoms with E-state index in [4.69, 9.17) is 18.9 Å². The molecule has 9 heteroatoms. The third-order valence-electron chi connectivity index (χ3n) is 7.89. The van der Waals surface area contributed by atoms with E-state index in [1.165, 1.54) is 26.4 Å². The number of aliphatic imine (C=N–C) groups is 2. The van der Waals surface area contributed by atoms with Crippen LogP contribution in [0, 0.1) is 6.92 Å².